The number of fused-ring (bicyclic) bond motifs is 1. The van der Waals surface area contributed by atoms with Crippen molar-refractivity contribution in [3.05, 3.63) is 11.6 Å². The van der Waals surface area contributed by atoms with Gasteiger partial charge in [0, 0.05) is 24.9 Å². The van der Waals surface area contributed by atoms with Crippen LogP contribution in [0.5, 0.6) is 0 Å². The second-order valence-electron chi connectivity index (χ2n) is 5.84. The van der Waals surface area contributed by atoms with Crippen molar-refractivity contribution in [3.63, 3.8) is 0 Å². The number of aromatic nitrogens is 3. The molecule has 0 spiro atoms. The average molecular weight is 250 g/mol. The minimum Gasteiger partial charge on any atom is -0.391 e. The van der Waals surface area contributed by atoms with Gasteiger partial charge in [-0.1, -0.05) is 0 Å². The zero-order valence-corrected chi connectivity index (χ0v) is 11.2. The highest BCUT2D eigenvalue weighted by molar-refractivity contribution is 5.05. The van der Waals surface area contributed by atoms with Gasteiger partial charge >= 0.3 is 0 Å². The van der Waals surface area contributed by atoms with Crippen LogP contribution in [0.25, 0.3) is 0 Å². The second-order valence-corrected chi connectivity index (χ2v) is 5.84. The van der Waals surface area contributed by atoms with Crippen LogP contribution in [0.2, 0.25) is 0 Å². The van der Waals surface area contributed by atoms with E-state index in [1.165, 1.54) is 0 Å². The molecule has 1 N–H and O–H groups in total. The largest absolute Gasteiger partial charge is 0.391 e. The maximum absolute atomic E-state index is 9.65. The Kier molecular flexibility index (Phi) is 3.11. The van der Waals surface area contributed by atoms with Crippen LogP contribution in [0.1, 0.15) is 44.3 Å². The zero-order valence-electron chi connectivity index (χ0n) is 11.2. The number of hydrogen-bond donors (Lipinski definition) is 1. The molecule has 1 aromatic rings. The Labute approximate surface area is 108 Å². The first kappa shape index (κ1) is 12.1. The highest BCUT2D eigenvalue weighted by Gasteiger charge is 2.30. The summed E-state index contributed by atoms with van der Waals surface area (Å²) in [6.45, 7) is 7.32. The Balaban J connectivity index is 1.74. The van der Waals surface area contributed by atoms with Gasteiger partial charge in [0.1, 0.15) is 5.82 Å². The fraction of sp³-hybridized carbons (Fsp3) is 0.846. The highest BCUT2D eigenvalue weighted by Crippen LogP contribution is 2.27. The number of aliphatic hydroxyl groups is 1. The number of nitrogens with zero attached hydrogens (tertiary/aromatic N) is 4. The van der Waals surface area contributed by atoms with E-state index in [4.69, 9.17) is 0 Å². The third kappa shape index (κ3) is 2.17. The molecule has 100 valence electrons. The van der Waals surface area contributed by atoms with Crippen LogP contribution in [-0.4, -0.2) is 50.0 Å². The summed E-state index contributed by atoms with van der Waals surface area (Å²) in [7, 11) is 0. The fourth-order valence-electron chi connectivity index (χ4n) is 2.95. The lowest BCUT2D eigenvalue weighted by Crippen LogP contribution is -2.28. The lowest BCUT2D eigenvalue weighted by Gasteiger charge is -2.19. The van der Waals surface area contributed by atoms with E-state index in [1.54, 1.807) is 0 Å². The van der Waals surface area contributed by atoms with E-state index in [9.17, 15) is 5.11 Å². The van der Waals surface area contributed by atoms with E-state index >= 15 is 0 Å². The van der Waals surface area contributed by atoms with Gasteiger partial charge in [-0.15, -0.1) is 0 Å². The van der Waals surface area contributed by atoms with Crippen LogP contribution in [0, 0.1) is 0 Å². The molecule has 2 unspecified atom stereocenters. The van der Waals surface area contributed by atoms with Gasteiger partial charge in [0.25, 0.3) is 0 Å². The third-order valence-corrected chi connectivity index (χ3v) is 4.16. The topological polar surface area (TPSA) is 54.2 Å². The van der Waals surface area contributed by atoms with Crippen molar-refractivity contribution in [2.75, 3.05) is 13.1 Å². The molecule has 0 radical (unpaired) electrons. The van der Waals surface area contributed by atoms with Crippen LogP contribution in [0.3, 0.4) is 0 Å². The molecule has 1 fully saturated rings. The molecular formula is C13H22N4O. The van der Waals surface area contributed by atoms with Crippen molar-refractivity contribution in [1.29, 1.82) is 0 Å². The molecular weight excluding hydrogens is 228 g/mol. The quantitative estimate of drug-likeness (QED) is 0.843. The first-order valence-electron chi connectivity index (χ1n) is 6.99. The molecule has 0 saturated carbocycles. The number of likely N-dealkylation sites (tertiary alicyclic amines) is 1. The van der Waals surface area contributed by atoms with Crippen molar-refractivity contribution < 1.29 is 5.11 Å². The maximum atomic E-state index is 9.65. The Morgan fingerprint density at radius 1 is 1.28 bits per heavy atom. The predicted octanol–water partition coefficient (Wildman–Crippen LogP) is 0.783. The van der Waals surface area contributed by atoms with Gasteiger partial charge in [-0.25, -0.2) is 9.67 Å². The number of rotatable bonds is 2. The molecule has 3 rings (SSSR count). The minimum atomic E-state index is -0.247. The van der Waals surface area contributed by atoms with Gasteiger partial charge in [0.05, 0.1) is 12.6 Å². The van der Waals surface area contributed by atoms with Crippen LogP contribution in [-0.2, 0) is 13.0 Å². The van der Waals surface area contributed by atoms with Crippen molar-refractivity contribution >= 4 is 0 Å². The molecule has 3 heterocycles. The standard InChI is InChI=1S/C13H22N4O/c1-9(2)16-6-5-10(7-16)13-14-12-4-3-11(18)8-17(12)15-13/h9-11,18H,3-8H2,1-2H3. The lowest BCUT2D eigenvalue weighted by atomic mass is 10.1. The SMILES string of the molecule is CC(C)N1CCC(c2nc3n(n2)CC(O)CC3)C1. The van der Waals surface area contributed by atoms with Gasteiger partial charge in [-0.2, -0.15) is 5.10 Å². The number of aryl methyl sites for hydroxylation is 1. The molecule has 0 bridgehead atoms. The smallest absolute Gasteiger partial charge is 0.155 e. The third-order valence-electron chi connectivity index (χ3n) is 4.16. The molecule has 18 heavy (non-hydrogen) atoms. The summed E-state index contributed by atoms with van der Waals surface area (Å²) in [5.41, 5.74) is 0. The van der Waals surface area contributed by atoms with E-state index in [0.29, 0.717) is 18.5 Å². The van der Waals surface area contributed by atoms with Gasteiger partial charge in [0.15, 0.2) is 5.82 Å². The predicted molar refractivity (Wildman–Crippen MR) is 68.4 cm³/mol. The molecule has 2 aliphatic heterocycles. The van der Waals surface area contributed by atoms with E-state index in [1.807, 2.05) is 4.68 Å². The molecule has 2 atom stereocenters. The van der Waals surface area contributed by atoms with E-state index < -0.39 is 0 Å². The minimum absolute atomic E-state index is 0.247. The van der Waals surface area contributed by atoms with E-state index in [2.05, 4.69) is 28.8 Å². The summed E-state index contributed by atoms with van der Waals surface area (Å²) >= 11 is 0. The average Bonchev–Trinajstić information content (AvgIpc) is 2.93. The maximum Gasteiger partial charge on any atom is 0.155 e. The van der Waals surface area contributed by atoms with E-state index in [0.717, 1.165) is 44.0 Å². The first-order valence-corrected chi connectivity index (χ1v) is 6.99. The first-order chi connectivity index (χ1) is 8.63. The summed E-state index contributed by atoms with van der Waals surface area (Å²) < 4.78 is 1.90. The van der Waals surface area contributed by atoms with Crippen molar-refractivity contribution in [3.8, 4) is 0 Å². The Morgan fingerprint density at radius 2 is 2.11 bits per heavy atom. The van der Waals surface area contributed by atoms with Crippen LogP contribution < -0.4 is 0 Å². The molecule has 0 aliphatic carbocycles. The van der Waals surface area contributed by atoms with Crippen LogP contribution >= 0.6 is 0 Å². The molecule has 1 saturated heterocycles. The van der Waals surface area contributed by atoms with Crippen molar-refractivity contribution in [2.45, 2.75) is 57.7 Å². The summed E-state index contributed by atoms with van der Waals surface area (Å²) in [6, 6.07) is 0.606. The van der Waals surface area contributed by atoms with Crippen molar-refractivity contribution in [1.82, 2.24) is 19.7 Å². The van der Waals surface area contributed by atoms with Crippen LogP contribution in [0.15, 0.2) is 0 Å². The summed E-state index contributed by atoms with van der Waals surface area (Å²) in [5.74, 6) is 2.52. The van der Waals surface area contributed by atoms with Gasteiger partial charge in [-0.05, 0) is 33.2 Å². The highest BCUT2D eigenvalue weighted by atomic mass is 16.3. The van der Waals surface area contributed by atoms with Crippen molar-refractivity contribution in [2.24, 2.45) is 0 Å². The van der Waals surface area contributed by atoms with Gasteiger partial charge < -0.3 is 10.0 Å². The Bertz CT molecular complexity index is 429. The Morgan fingerprint density at radius 3 is 2.83 bits per heavy atom. The molecule has 1 aromatic heterocycles. The monoisotopic (exact) mass is 250 g/mol. The molecule has 5 heteroatoms. The van der Waals surface area contributed by atoms with Gasteiger partial charge in [-0.3, -0.25) is 0 Å². The summed E-state index contributed by atoms with van der Waals surface area (Å²) in [5, 5.41) is 14.2. The molecule has 0 aromatic carbocycles. The molecule has 0 amide bonds. The molecule has 2 aliphatic rings. The number of hydrogen-bond acceptors (Lipinski definition) is 4. The van der Waals surface area contributed by atoms with Crippen LogP contribution in [0.4, 0.5) is 0 Å². The summed E-state index contributed by atoms with van der Waals surface area (Å²) in [4.78, 5) is 7.16. The zero-order chi connectivity index (χ0) is 12.7. The number of aliphatic hydroxyl groups excluding tert-OH is 1. The second kappa shape index (κ2) is 4.63. The normalized spacial score (nSPS) is 28.9. The lowest BCUT2D eigenvalue weighted by molar-refractivity contribution is 0.124. The molecule has 5 nitrogen and oxygen atoms in total. The van der Waals surface area contributed by atoms with E-state index in [-0.39, 0.29) is 6.10 Å². The Hall–Kier alpha value is -0.940. The van der Waals surface area contributed by atoms with Gasteiger partial charge in [0.2, 0.25) is 0 Å². The summed E-state index contributed by atoms with van der Waals surface area (Å²) in [6.07, 6.45) is 2.59. The fourth-order valence-corrected chi connectivity index (χ4v) is 2.95.